The topological polar surface area (TPSA) is 29.1 Å². The zero-order valence-corrected chi connectivity index (χ0v) is 18.0. The second-order valence-corrected chi connectivity index (χ2v) is 8.71. The molecule has 1 fully saturated rings. The quantitative estimate of drug-likeness (QED) is 0.413. The molecule has 160 valence electrons. The molecule has 0 heterocycles. The van der Waals surface area contributed by atoms with Gasteiger partial charge in [-0.2, -0.15) is 13.2 Å². The molecule has 1 aliphatic rings. The highest BCUT2D eigenvalue weighted by Gasteiger charge is 2.42. The second kappa shape index (κ2) is 9.31. The number of carbonyl (C=O) groups is 1. The van der Waals surface area contributed by atoms with Gasteiger partial charge in [-0.25, -0.2) is 0 Å². The van der Waals surface area contributed by atoms with Crippen molar-refractivity contribution in [2.45, 2.75) is 31.5 Å². The summed E-state index contributed by atoms with van der Waals surface area (Å²) in [6, 6.07) is 8.96. The summed E-state index contributed by atoms with van der Waals surface area (Å²) in [6.45, 7) is 1.07. The molecule has 1 unspecified atom stereocenters. The van der Waals surface area contributed by atoms with Crippen LogP contribution in [0.25, 0.3) is 6.08 Å². The highest BCUT2D eigenvalue weighted by Crippen LogP contribution is 2.42. The third kappa shape index (κ3) is 5.79. The van der Waals surface area contributed by atoms with Gasteiger partial charge in [0.25, 0.3) is 0 Å². The van der Waals surface area contributed by atoms with Crippen molar-refractivity contribution in [2.75, 3.05) is 6.54 Å². The Kier molecular flexibility index (Phi) is 7.18. The molecule has 0 spiro atoms. The van der Waals surface area contributed by atoms with Gasteiger partial charge in [0.1, 0.15) is 6.29 Å². The molecule has 0 aromatic heterocycles. The molecule has 1 saturated carbocycles. The molecule has 30 heavy (non-hydrogen) atoms. The zero-order valence-electron chi connectivity index (χ0n) is 15.8. The van der Waals surface area contributed by atoms with Gasteiger partial charge in [0, 0.05) is 23.5 Å². The number of hydrogen-bond donors (Lipinski definition) is 1. The summed E-state index contributed by atoms with van der Waals surface area (Å²) in [5.74, 6) is -1.83. The maximum absolute atomic E-state index is 13.6. The summed E-state index contributed by atoms with van der Waals surface area (Å²) in [5, 5.41) is 3.92. The van der Waals surface area contributed by atoms with Gasteiger partial charge in [0.05, 0.1) is 16.0 Å². The molecule has 1 atom stereocenters. The van der Waals surface area contributed by atoms with E-state index in [0.717, 1.165) is 30.8 Å². The van der Waals surface area contributed by atoms with Gasteiger partial charge in [0.15, 0.2) is 0 Å². The molecule has 2 aromatic carbocycles. The van der Waals surface area contributed by atoms with E-state index in [0.29, 0.717) is 23.7 Å². The minimum absolute atomic E-state index is 0.00394. The lowest BCUT2D eigenvalue weighted by Gasteiger charge is -2.18. The number of nitrogens with one attached hydrogen (secondary N) is 1. The van der Waals surface area contributed by atoms with E-state index in [1.807, 2.05) is 0 Å². The van der Waals surface area contributed by atoms with Gasteiger partial charge in [-0.15, -0.1) is 0 Å². The number of alkyl halides is 3. The average Bonchev–Trinajstić information content (AvgIpc) is 3.46. The molecule has 0 aliphatic heterocycles. The van der Waals surface area contributed by atoms with Gasteiger partial charge in [-0.05, 0) is 47.7 Å². The molecule has 8 heteroatoms. The first kappa shape index (κ1) is 23.1. The van der Waals surface area contributed by atoms with Crippen molar-refractivity contribution < 1.29 is 18.0 Å². The van der Waals surface area contributed by atoms with Crippen LogP contribution in [0.3, 0.4) is 0 Å². The van der Waals surface area contributed by atoms with Gasteiger partial charge in [-0.3, -0.25) is 0 Å². The van der Waals surface area contributed by atoms with Crippen molar-refractivity contribution in [1.29, 1.82) is 0 Å². The molecule has 0 radical (unpaired) electrons. The van der Waals surface area contributed by atoms with E-state index in [9.17, 15) is 18.0 Å². The molecular formula is C22H19Cl3F3NO. The van der Waals surface area contributed by atoms with Crippen LogP contribution in [-0.2, 0) is 11.3 Å². The predicted octanol–water partition coefficient (Wildman–Crippen LogP) is 7.07. The van der Waals surface area contributed by atoms with E-state index in [1.54, 1.807) is 18.2 Å². The molecule has 2 aromatic rings. The van der Waals surface area contributed by atoms with Crippen molar-refractivity contribution in [3.05, 3.63) is 74.2 Å². The van der Waals surface area contributed by atoms with Crippen LogP contribution in [0.2, 0.25) is 15.1 Å². The Morgan fingerprint density at radius 3 is 2.33 bits per heavy atom. The minimum atomic E-state index is -4.49. The van der Waals surface area contributed by atoms with Crippen LogP contribution in [-0.4, -0.2) is 19.0 Å². The molecule has 1 N–H and O–H groups in total. The van der Waals surface area contributed by atoms with E-state index in [-0.39, 0.29) is 21.0 Å². The van der Waals surface area contributed by atoms with Crippen LogP contribution in [0.4, 0.5) is 13.2 Å². The first-order valence-corrected chi connectivity index (χ1v) is 10.4. The fourth-order valence-corrected chi connectivity index (χ4v) is 3.64. The van der Waals surface area contributed by atoms with Crippen molar-refractivity contribution in [3.63, 3.8) is 0 Å². The number of carbonyl (C=O) groups excluding carboxylic acids is 1. The highest BCUT2D eigenvalue weighted by molar-refractivity contribution is 6.42. The molecule has 0 bridgehead atoms. The van der Waals surface area contributed by atoms with Crippen LogP contribution >= 0.6 is 34.8 Å². The zero-order chi connectivity index (χ0) is 21.9. The Balaban J connectivity index is 1.71. The summed E-state index contributed by atoms with van der Waals surface area (Å²) in [6.07, 6.45) is 0.735. The fraction of sp³-hybridized carbons (Fsp3) is 0.318. The van der Waals surface area contributed by atoms with Crippen LogP contribution in [0.1, 0.15) is 35.4 Å². The van der Waals surface area contributed by atoms with E-state index < -0.39 is 12.1 Å². The summed E-state index contributed by atoms with van der Waals surface area (Å²) in [5.41, 5.74) is 1.12. The monoisotopic (exact) mass is 475 g/mol. The van der Waals surface area contributed by atoms with Crippen molar-refractivity contribution in [1.82, 2.24) is 5.32 Å². The van der Waals surface area contributed by atoms with Gasteiger partial charge in [0.2, 0.25) is 0 Å². The Bertz CT molecular complexity index is 955. The molecule has 1 aliphatic carbocycles. The Hall–Kier alpha value is -1.53. The van der Waals surface area contributed by atoms with Crippen molar-refractivity contribution in [3.8, 4) is 0 Å². The first-order chi connectivity index (χ1) is 14.1. The van der Waals surface area contributed by atoms with Crippen LogP contribution in [0.15, 0.2) is 42.5 Å². The standard InChI is InChI=1S/C22H19Cl3F3NO/c23-18-6-4-15(10-20(18)25)17(22(26,27)28)5-2-14-1-3-16(19(24)9-14)11-29-12-21(13-30)7-8-21/h1-6,9-10,13,17,29H,7-8,11-12H2/b5-2+. The van der Waals surface area contributed by atoms with E-state index >= 15 is 0 Å². The van der Waals surface area contributed by atoms with Crippen LogP contribution in [0, 0.1) is 5.41 Å². The summed E-state index contributed by atoms with van der Waals surface area (Å²) < 4.78 is 40.7. The SMILES string of the molecule is O=CC1(CNCc2ccc(/C=C/C(c3ccc(Cl)c(Cl)c3)C(F)(F)F)cc2Cl)CC1. The number of halogens is 6. The normalized spacial score (nSPS) is 16.6. The average molecular weight is 477 g/mol. The first-order valence-electron chi connectivity index (χ1n) is 9.29. The number of benzene rings is 2. The van der Waals surface area contributed by atoms with Crippen LogP contribution < -0.4 is 5.32 Å². The van der Waals surface area contributed by atoms with E-state index in [1.165, 1.54) is 24.3 Å². The molecular weight excluding hydrogens is 458 g/mol. The molecule has 0 saturated heterocycles. The number of hydrogen-bond acceptors (Lipinski definition) is 2. The van der Waals surface area contributed by atoms with Crippen LogP contribution in [0.5, 0.6) is 0 Å². The Morgan fingerprint density at radius 1 is 1.03 bits per heavy atom. The number of rotatable bonds is 8. The maximum atomic E-state index is 13.6. The number of allylic oxidation sites excluding steroid dienone is 1. The summed E-state index contributed by atoms with van der Waals surface area (Å²) in [4.78, 5) is 11.0. The smallest absolute Gasteiger partial charge is 0.312 e. The maximum Gasteiger partial charge on any atom is 0.399 e. The largest absolute Gasteiger partial charge is 0.399 e. The fourth-order valence-electron chi connectivity index (χ4n) is 3.08. The number of aldehydes is 1. The lowest BCUT2D eigenvalue weighted by molar-refractivity contribution is -0.139. The third-order valence-electron chi connectivity index (χ3n) is 5.15. The minimum Gasteiger partial charge on any atom is -0.312 e. The Morgan fingerprint density at radius 2 is 1.77 bits per heavy atom. The molecule has 3 rings (SSSR count). The highest BCUT2D eigenvalue weighted by atomic mass is 35.5. The molecule has 0 amide bonds. The predicted molar refractivity (Wildman–Crippen MR) is 115 cm³/mol. The van der Waals surface area contributed by atoms with Gasteiger partial charge in [-0.1, -0.05) is 65.2 Å². The Labute approximate surface area is 188 Å². The summed E-state index contributed by atoms with van der Waals surface area (Å²) >= 11 is 18.0. The van der Waals surface area contributed by atoms with Crippen molar-refractivity contribution >= 4 is 47.2 Å². The van der Waals surface area contributed by atoms with Crippen molar-refractivity contribution in [2.24, 2.45) is 5.41 Å². The lowest BCUT2D eigenvalue weighted by atomic mass is 9.97. The van der Waals surface area contributed by atoms with Gasteiger partial charge >= 0.3 is 6.18 Å². The van der Waals surface area contributed by atoms with E-state index in [4.69, 9.17) is 34.8 Å². The van der Waals surface area contributed by atoms with E-state index in [2.05, 4.69) is 5.32 Å². The van der Waals surface area contributed by atoms with Gasteiger partial charge < -0.3 is 10.1 Å². The summed E-state index contributed by atoms with van der Waals surface area (Å²) in [7, 11) is 0. The second-order valence-electron chi connectivity index (χ2n) is 7.49. The molecule has 2 nitrogen and oxygen atoms in total. The third-order valence-corrected chi connectivity index (χ3v) is 6.24. The lowest BCUT2D eigenvalue weighted by Crippen LogP contribution is -2.24.